The summed E-state index contributed by atoms with van der Waals surface area (Å²) in [4.78, 5) is 0. The van der Waals surface area contributed by atoms with Crippen LogP contribution in [0.1, 0.15) is 23.6 Å². The second-order valence-electron chi connectivity index (χ2n) is 5.33. The van der Waals surface area contributed by atoms with Crippen LogP contribution in [0.4, 0.5) is 4.39 Å². The van der Waals surface area contributed by atoms with Gasteiger partial charge in [-0.3, -0.25) is 0 Å². The quantitative estimate of drug-likeness (QED) is 0.896. The number of nitrogens with two attached hydrogens (primary N) is 1. The lowest BCUT2D eigenvalue weighted by Crippen LogP contribution is -2.18. The van der Waals surface area contributed by atoms with Crippen molar-refractivity contribution in [2.75, 3.05) is 0 Å². The highest BCUT2D eigenvalue weighted by molar-refractivity contribution is 6.30. The topological polar surface area (TPSA) is 35.2 Å². The third-order valence-electron chi connectivity index (χ3n) is 3.14. The molecule has 2 aromatic rings. The van der Waals surface area contributed by atoms with Crippen molar-refractivity contribution in [2.24, 2.45) is 5.73 Å². The molecule has 0 aliphatic rings. The Morgan fingerprint density at radius 3 is 2.67 bits per heavy atom. The van der Waals surface area contributed by atoms with E-state index in [0.717, 1.165) is 23.3 Å². The van der Waals surface area contributed by atoms with Gasteiger partial charge in [-0.1, -0.05) is 35.4 Å². The fourth-order valence-electron chi connectivity index (χ4n) is 2.15. The molecule has 0 saturated carbocycles. The molecule has 1 unspecified atom stereocenters. The van der Waals surface area contributed by atoms with E-state index >= 15 is 0 Å². The lowest BCUT2D eigenvalue weighted by molar-refractivity contribution is 0.302. The molecule has 2 N–H and O–H groups in total. The summed E-state index contributed by atoms with van der Waals surface area (Å²) in [5, 5.41) is 0.107. The molecule has 2 aromatic carbocycles. The molecule has 0 aromatic heterocycles. The van der Waals surface area contributed by atoms with Gasteiger partial charge in [-0.15, -0.1) is 0 Å². The molecule has 0 amide bonds. The molecule has 0 heterocycles. The Bertz CT molecular complexity index is 628. The van der Waals surface area contributed by atoms with Gasteiger partial charge in [0.2, 0.25) is 0 Å². The summed E-state index contributed by atoms with van der Waals surface area (Å²) >= 11 is 5.77. The maximum absolute atomic E-state index is 13.1. The Balaban J connectivity index is 2.13. The summed E-state index contributed by atoms with van der Waals surface area (Å²) in [5.41, 5.74) is 8.95. The molecule has 4 heteroatoms. The van der Waals surface area contributed by atoms with Crippen molar-refractivity contribution in [1.29, 1.82) is 0 Å². The number of rotatable bonds is 5. The lowest BCUT2D eigenvalue weighted by Gasteiger charge is -2.14. The van der Waals surface area contributed by atoms with E-state index in [9.17, 15) is 4.39 Å². The normalized spacial score (nSPS) is 12.2. The van der Waals surface area contributed by atoms with Crippen molar-refractivity contribution >= 4 is 11.6 Å². The zero-order valence-corrected chi connectivity index (χ0v) is 13.0. The number of hydrogen-bond donors (Lipinski definition) is 1. The van der Waals surface area contributed by atoms with E-state index in [1.165, 1.54) is 11.6 Å². The maximum Gasteiger partial charge on any atom is 0.141 e. The Morgan fingerprint density at radius 1 is 1.24 bits per heavy atom. The van der Waals surface area contributed by atoms with E-state index in [0.29, 0.717) is 6.61 Å². The van der Waals surface area contributed by atoms with E-state index in [-0.39, 0.29) is 11.1 Å². The first-order valence-electron chi connectivity index (χ1n) is 6.87. The van der Waals surface area contributed by atoms with Crippen molar-refractivity contribution < 1.29 is 9.13 Å². The number of benzene rings is 2. The predicted octanol–water partition coefficient (Wildman–Crippen LogP) is 4.26. The van der Waals surface area contributed by atoms with Crippen LogP contribution in [0.25, 0.3) is 0 Å². The Labute approximate surface area is 129 Å². The highest BCUT2D eigenvalue weighted by Crippen LogP contribution is 2.23. The molecule has 0 spiro atoms. The van der Waals surface area contributed by atoms with Crippen molar-refractivity contribution in [3.8, 4) is 5.75 Å². The largest absolute Gasteiger partial charge is 0.489 e. The van der Waals surface area contributed by atoms with E-state index in [4.69, 9.17) is 22.1 Å². The molecule has 21 heavy (non-hydrogen) atoms. The van der Waals surface area contributed by atoms with E-state index < -0.39 is 5.82 Å². The number of halogens is 2. The molecule has 0 fully saturated rings. The third kappa shape index (κ3) is 4.45. The van der Waals surface area contributed by atoms with Gasteiger partial charge in [-0.25, -0.2) is 4.39 Å². The Hall–Kier alpha value is -1.58. The van der Waals surface area contributed by atoms with Gasteiger partial charge >= 0.3 is 0 Å². The highest BCUT2D eigenvalue weighted by Gasteiger charge is 2.08. The molecular weight excluding hydrogens is 289 g/mol. The molecule has 112 valence electrons. The van der Waals surface area contributed by atoms with Crippen LogP contribution in [0.3, 0.4) is 0 Å². The number of ether oxygens (including phenoxy) is 1. The Kier molecular flexibility index (Phi) is 5.21. The van der Waals surface area contributed by atoms with Gasteiger partial charge in [-0.2, -0.15) is 0 Å². The summed E-state index contributed by atoms with van der Waals surface area (Å²) < 4.78 is 19.0. The smallest absolute Gasteiger partial charge is 0.141 e. The zero-order valence-electron chi connectivity index (χ0n) is 12.2. The molecule has 0 radical (unpaired) electrons. The van der Waals surface area contributed by atoms with Crippen LogP contribution in [0, 0.1) is 12.7 Å². The van der Waals surface area contributed by atoms with Crippen molar-refractivity contribution in [3.05, 3.63) is 63.9 Å². The first-order valence-corrected chi connectivity index (χ1v) is 7.25. The minimum atomic E-state index is -0.423. The minimum absolute atomic E-state index is 0.0643. The summed E-state index contributed by atoms with van der Waals surface area (Å²) in [6.07, 6.45) is 0.751. The Morgan fingerprint density at radius 2 is 2.00 bits per heavy atom. The molecule has 2 nitrogen and oxygen atoms in total. The molecule has 0 bridgehead atoms. The zero-order chi connectivity index (χ0) is 15.4. The average molecular weight is 308 g/mol. The van der Waals surface area contributed by atoms with E-state index in [1.54, 1.807) is 12.1 Å². The first kappa shape index (κ1) is 15.8. The van der Waals surface area contributed by atoms with Gasteiger partial charge in [0, 0.05) is 6.04 Å². The summed E-state index contributed by atoms with van der Waals surface area (Å²) in [6.45, 7) is 4.34. The van der Waals surface area contributed by atoms with Crippen LogP contribution in [0.15, 0.2) is 36.4 Å². The van der Waals surface area contributed by atoms with Crippen molar-refractivity contribution in [1.82, 2.24) is 0 Å². The van der Waals surface area contributed by atoms with Crippen LogP contribution in [0.5, 0.6) is 5.75 Å². The molecule has 0 aliphatic heterocycles. The minimum Gasteiger partial charge on any atom is -0.489 e. The second kappa shape index (κ2) is 6.92. The van der Waals surface area contributed by atoms with Gasteiger partial charge in [0.15, 0.2) is 0 Å². The molecular formula is C17H19ClFNO. The van der Waals surface area contributed by atoms with E-state index in [2.05, 4.69) is 6.07 Å². The number of aryl methyl sites for hydroxylation is 1. The lowest BCUT2D eigenvalue weighted by atomic mass is 10.0. The highest BCUT2D eigenvalue weighted by atomic mass is 35.5. The third-order valence-corrected chi connectivity index (χ3v) is 3.43. The maximum atomic E-state index is 13.1. The molecule has 0 saturated heterocycles. The monoisotopic (exact) mass is 307 g/mol. The van der Waals surface area contributed by atoms with Gasteiger partial charge < -0.3 is 10.5 Å². The predicted molar refractivity (Wildman–Crippen MR) is 84.3 cm³/mol. The van der Waals surface area contributed by atoms with Crippen LogP contribution < -0.4 is 10.5 Å². The molecule has 2 rings (SSSR count). The fourth-order valence-corrected chi connectivity index (χ4v) is 2.35. The van der Waals surface area contributed by atoms with Gasteiger partial charge in [-0.05, 0) is 49.6 Å². The number of hydrogen-bond acceptors (Lipinski definition) is 2. The summed E-state index contributed by atoms with van der Waals surface area (Å²) in [5.74, 6) is 0.381. The standard InChI is InChI=1S/C17H19ClFNO/c1-11-3-6-17(14(7-11)8-12(2)20)21-10-13-4-5-16(19)15(18)9-13/h3-7,9,12H,8,10,20H2,1-2H3. The van der Waals surface area contributed by atoms with Crippen LogP contribution in [0.2, 0.25) is 5.02 Å². The van der Waals surface area contributed by atoms with Gasteiger partial charge in [0.25, 0.3) is 0 Å². The van der Waals surface area contributed by atoms with E-state index in [1.807, 2.05) is 26.0 Å². The van der Waals surface area contributed by atoms with Crippen molar-refractivity contribution in [2.45, 2.75) is 32.9 Å². The van der Waals surface area contributed by atoms with Crippen LogP contribution in [-0.2, 0) is 13.0 Å². The average Bonchev–Trinajstić information content (AvgIpc) is 2.41. The van der Waals surface area contributed by atoms with Gasteiger partial charge in [0.05, 0.1) is 5.02 Å². The summed E-state index contributed by atoms with van der Waals surface area (Å²) in [7, 11) is 0. The fraction of sp³-hybridized carbons (Fsp3) is 0.294. The molecule has 0 aliphatic carbocycles. The molecule has 1 atom stereocenters. The van der Waals surface area contributed by atoms with Crippen molar-refractivity contribution in [3.63, 3.8) is 0 Å². The van der Waals surface area contributed by atoms with Crippen LogP contribution >= 0.6 is 11.6 Å². The van der Waals surface area contributed by atoms with Crippen LogP contribution in [-0.4, -0.2) is 6.04 Å². The summed E-state index contributed by atoms with van der Waals surface area (Å²) in [6, 6.07) is 10.7. The first-order chi connectivity index (χ1) is 9.95. The van der Waals surface area contributed by atoms with Gasteiger partial charge in [0.1, 0.15) is 18.2 Å². The second-order valence-corrected chi connectivity index (χ2v) is 5.74. The SMILES string of the molecule is Cc1ccc(OCc2ccc(F)c(Cl)c2)c(CC(C)N)c1.